The molecule has 3 heterocycles. The van der Waals surface area contributed by atoms with Crippen molar-refractivity contribution in [1.82, 2.24) is 0 Å². The first-order valence-electron chi connectivity index (χ1n) is 7.83. The zero-order valence-corrected chi connectivity index (χ0v) is 13.7. The van der Waals surface area contributed by atoms with Gasteiger partial charge in [0.15, 0.2) is 17.9 Å². The Labute approximate surface area is 131 Å². The minimum atomic E-state index is -1.19. The van der Waals surface area contributed by atoms with Gasteiger partial charge in [-0.2, -0.15) is 0 Å². The van der Waals surface area contributed by atoms with Crippen LogP contribution in [0.2, 0.25) is 0 Å². The van der Waals surface area contributed by atoms with Gasteiger partial charge in [0.1, 0.15) is 23.9 Å². The monoisotopic (exact) mass is 314 g/mol. The molecule has 6 heteroatoms. The number of ether oxygens (including phenoxy) is 5. The van der Waals surface area contributed by atoms with Crippen LogP contribution in [-0.2, 0) is 23.7 Å². The fourth-order valence-electron chi connectivity index (χ4n) is 3.48. The van der Waals surface area contributed by atoms with E-state index >= 15 is 0 Å². The van der Waals surface area contributed by atoms with Crippen molar-refractivity contribution in [3.05, 3.63) is 12.7 Å². The van der Waals surface area contributed by atoms with Gasteiger partial charge in [-0.15, -0.1) is 6.58 Å². The topological polar surface area (TPSA) is 66.4 Å². The Hall–Kier alpha value is -0.500. The van der Waals surface area contributed by atoms with E-state index in [1.165, 1.54) is 0 Å². The highest BCUT2D eigenvalue weighted by atomic mass is 16.8. The molecule has 0 aromatic rings. The minimum absolute atomic E-state index is 0.356. The molecule has 0 amide bonds. The fraction of sp³-hybridized carbons (Fsp3) is 0.875. The van der Waals surface area contributed by atoms with Crippen LogP contribution >= 0.6 is 0 Å². The SMILES string of the molecule is C=CCC[C@]1(O)[C@@H]([C@H]2COC(C)(C)O2)O[C@@H]2OC(C)(C)O[C@@H]21. The molecule has 3 fully saturated rings. The second kappa shape index (κ2) is 5.26. The molecule has 0 spiro atoms. The van der Waals surface area contributed by atoms with E-state index in [4.69, 9.17) is 23.7 Å². The van der Waals surface area contributed by atoms with Gasteiger partial charge in [-0.25, -0.2) is 0 Å². The second-order valence-corrected chi connectivity index (χ2v) is 7.17. The third kappa shape index (κ3) is 2.72. The highest BCUT2D eigenvalue weighted by Crippen LogP contribution is 2.47. The number of hydrogen-bond acceptors (Lipinski definition) is 6. The van der Waals surface area contributed by atoms with Gasteiger partial charge in [0.25, 0.3) is 0 Å². The Morgan fingerprint density at radius 3 is 2.41 bits per heavy atom. The largest absolute Gasteiger partial charge is 0.384 e. The first kappa shape index (κ1) is 16.4. The van der Waals surface area contributed by atoms with Crippen LogP contribution in [0, 0.1) is 0 Å². The molecule has 0 aliphatic carbocycles. The van der Waals surface area contributed by atoms with E-state index in [2.05, 4.69) is 6.58 Å². The molecule has 3 saturated heterocycles. The molecule has 0 unspecified atom stereocenters. The lowest BCUT2D eigenvalue weighted by molar-refractivity contribution is -0.248. The predicted molar refractivity (Wildman–Crippen MR) is 78.0 cm³/mol. The van der Waals surface area contributed by atoms with Crippen LogP contribution < -0.4 is 0 Å². The van der Waals surface area contributed by atoms with E-state index in [1.807, 2.05) is 27.7 Å². The number of rotatable bonds is 4. The fourth-order valence-corrected chi connectivity index (χ4v) is 3.48. The first-order chi connectivity index (χ1) is 10.2. The van der Waals surface area contributed by atoms with Crippen molar-refractivity contribution in [1.29, 1.82) is 0 Å². The molecular formula is C16H26O6. The summed E-state index contributed by atoms with van der Waals surface area (Å²) in [6.45, 7) is 11.4. The molecule has 3 rings (SSSR count). The van der Waals surface area contributed by atoms with E-state index in [0.29, 0.717) is 19.4 Å². The van der Waals surface area contributed by atoms with Crippen LogP contribution in [-0.4, -0.2) is 53.5 Å². The zero-order chi connectivity index (χ0) is 16.2. The number of allylic oxidation sites excluding steroid dienone is 1. The third-order valence-electron chi connectivity index (χ3n) is 4.44. The van der Waals surface area contributed by atoms with Gasteiger partial charge in [-0.05, 0) is 40.5 Å². The molecule has 0 radical (unpaired) electrons. The number of hydrogen-bond donors (Lipinski definition) is 1. The summed E-state index contributed by atoms with van der Waals surface area (Å²) in [5.41, 5.74) is -1.19. The summed E-state index contributed by atoms with van der Waals surface area (Å²) in [5, 5.41) is 11.3. The summed E-state index contributed by atoms with van der Waals surface area (Å²) in [6.07, 6.45) is 0.856. The van der Waals surface area contributed by atoms with E-state index in [1.54, 1.807) is 6.08 Å². The standard InChI is InChI=1S/C16H26O6/c1-6-7-8-16(17)11(10-9-18-14(2,3)20-10)19-13-12(16)21-15(4,5)22-13/h6,10-13,17H,1,7-9H2,2-5H3/t10-,11-,12+,13-,16+/m1/s1. The van der Waals surface area contributed by atoms with Crippen LogP contribution in [0.5, 0.6) is 0 Å². The Kier molecular flexibility index (Phi) is 3.91. The highest BCUT2D eigenvalue weighted by Gasteiger charge is 2.65. The molecule has 0 aromatic carbocycles. The van der Waals surface area contributed by atoms with Crippen LogP contribution in [0.3, 0.4) is 0 Å². The smallest absolute Gasteiger partial charge is 0.190 e. The molecule has 1 N–H and O–H groups in total. The summed E-state index contributed by atoms with van der Waals surface area (Å²) >= 11 is 0. The van der Waals surface area contributed by atoms with E-state index in [0.717, 1.165) is 0 Å². The summed E-state index contributed by atoms with van der Waals surface area (Å²) < 4.78 is 29.1. The Morgan fingerprint density at radius 1 is 1.09 bits per heavy atom. The maximum absolute atomic E-state index is 11.3. The molecule has 3 aliphatic rings. The summed E-state index contributed by atoms with van der Waals surface area (Å²) in [6, 6.07) is 0. The first-order valence-corrected chi connectivity index (χ1v) is 7.83. The molecule has 126 valence electrons. The Bertz CT molecular complexity index is 448. The summed E-state index contributed by atoms with van der Waals surface area (Å²) in [4.78, 5) is 0. The Morgan fingerprint density at radius 2 is 1.82 bits per heavy atom. The van der Waals surface area contributed by atoms with Gasteiger partial charge >= 0.3 is 0 Å². The van der Waals surface area contributed by atoms with E-state index in [-0.39, 0.29) is 6.10 Å². The molecular weight excluding hydrogens is 288 g/mol. The zero-order valence-electron chi connectivity index (χ0n) is 13.7. The second-order valence-electron chi connectivity index (χ2n) is 7.17. The minimum Gasteiger partial charge on any atom is -0.384 e. The van der Waals surface area contributed by atoms with Crippen LogP contribution in [0.15, 0.2) is 12.7 Å². The molecule has 3 aliphatic heterocycles. The van der Waals surface area contributed by atoms with Crippen molar-refractivity contribution in [2.45, 2.75) is 82.3 Å². The quantitative estimate of drug-likeness (QED) is 0.797. The average molecular weight is 314 g/mol. The van der Waals surface area contributed by atoms with Crippen molar-refractivity contribution >= 4 is 0 Å². The maximum Gasteiger partial charge on any atom is 0.190 e. The van der Waals surface area contributed by atoms with Crippen molar-refractivity contribution in [3.63, 3.8) is 0 Å². The average Bonchev–Trinajstić information content (AvgIpc) is 2.99. The van der Waals surface area contributed by atoms with Gasteiger partial charge in [0.2, 0.25) is 0 Å². The highest BCUT2D eigenvalue weighted by molar-refractivity contribution is 5.08. The molecule has 22 heavy (non-hydrogen) atoms. The van der Waals surface area contributed by atoms with Gasteiger partial charge in [-0.3, -0.25) is 0 Å². The van der Waals surface area contributed by atoms with Crippen LogP contribution in [0.25, 0.3) is 0 Å². The normalized spacial score (nSPS) is 45.9. The van der Waals surface area contributed by atoms with Crippen LogP contribution in [0.4, 0.5) is 0 Å². The van der Waals surface area contributed by atoms with Crippen LogP contribution in [0.1, 0.15) is 40.5 Å². The van der Waals surface area contributed by atoms with E-state index < -0.39 is 35.7 Å². The van der Waals surface area contributed by atoms with Gasteiger partial charge in [0, 0.05) is 0 Å². The Balaban J connectivity index is 1.83. The lowest BCUT2D eigenvalue weighted by atomic mass is 9.85. The number of aliphatic hydroxyl groups is 1. The van der Waals surface area contributed by atoms with Crippen molar-refractivity contribution in [3.8, 4) is 0 Å². The summed E-state index contributed by atoms with van der Waals surface area (Å²) in [7, 11) is 0. The van der Waals surface area contributed by atoms with Gasteiger partial charge in [-0.1, -0.05) is 6.08 Å². The lowest BCUT2D eigenvalue weighted by Gasteiger charge is -2.35. The van der Waals surface area contributed by atoms with Gasteiger partial charge < -0.3 is 28.8 Å². The summed E-state index contributed by atoms with van der Waals surface area (Å²) in [5.74, 6) is -1.44. The molecule has 0 saturated carbocycles. The molecule has 0 aromatic heterocycles. The lowest BCUT2D eigenvalue weighted by Crippen LogP contribution is -2.54. The van der Waals surface area contributed by atoms with Gasteiger partial charge in [0.05, 0.1) is 6.61 Å². The molecule has 5 atom stereocenters. The predicted octanol–water partition coefficient (Wildman–Crippen LogP) is 1.71. The number of fused-ring (bicyclic) bond motifs is 1. The maximum atomic E-state index is 11.3. The molecule has 0 bridgehead atoms. The van der Waals surface area contributed by atoms with Crippen molar-refractivity contribution in [2.75, 3.05) is 6.61 Å². The molecule has 6 nitrogen and oxygen atoms in total. The van der Waals surface area contributed by atoms with E-state index in [9.17, 15) is 5.11 Å². The van der Waals surface area contributed by atoms with Crippen molar-refractivity contribution in [2.24, 2.45) is 0 Å². The van der Waals surface area contributed by atoms with Crippen molar-refractivity contribution < 1.29 is 28.8 Å². The third-order valence-corrected chi connectivity index (χ3v) is 4.44.